The molecule has 1 aliphatic heterocycles. The van der Waals surface area contributed by atoms with E-state index in [1.807, 2.05) is 30.9 Å². The van der Waals surface area contributed by atoms with Crippen molar-refractivity contribution in [3.8, 4) is 28.3 Å². The molecule has 2 aromatic carbocycles. The largest absolute Gasteiger partial charge is 0.295 e. The Hall–Kier alpha value is -3.79. The Morgan fingerprint density at radius 1 is 0.862 bits per heavy atom. The van der Waals surface area contributed by atoms with E-state index >= 15 is 0 Å². The summed E-state index contributed by atoms with van der Waals surface area (Å²) >= 11 is 0. The number of para-hydroxylation sites is 1. The first kappa shape index (κ1) is 16.2. The molecule has 0 amide bonds. The minimum Gasteiger partial charge on any atom is -0.295 e. The molecule has 1 aliphatic carbocycles. The number of nitrogens with zero attached hydrogens (tertiary/aromatic N) is 4. The Balaban J connectivity index is 1.73. The average molecular weight is 374 g/mol. The van der Waals surface area contributed by atoms with Crippen LogP contribution in [0.1, 0.15) is 23.6 Å². The van der Waals surface area contributed by atoms with Gasteiger partial charge in [0.25, 0.3) is 0 Å². The Bertz CT molecular complexity index is 1270. The number of aliphatic imine (C=N–C) groups is 1. The number of hydrogen-bond donors (Lipinski definition) is 0. The van der Waals surface area contributed by atoms with Crippen molar-refractivity contribution < 1.29 is 0 Å². The molecular formula is C25H18N4. The van der Waals surface area contributed by atoms with Gasteiger partial charge in [0.05, 0.1) is 11.4 Å². The van der Waals surface area contributed by atoms with E-state index in [-0.39, 0.29) is 5.92 Å². The van der Waals surface area contributed by atoms with Gasteiger partial charge in [-0.3, -0.25) is 14.5 Å². The van der Waals surface area contributed by atoms with Crippen molar-refractivity contribution in [1.29, 1.82) is 0 Å². The van der Waals surface area contributed by atoms with Gasteiger partial charge in [-0.15, -0.1) is 0 Å². The third-order valence-corrected chi connectivity index (χ3v) is 5.71. The molecule has 4 aromatic rings. The van der Waals surface area contributed by atoms with Crippen LogP contribution in [0.5, 0.6) is 0 Å². The second-order valence-corrected chi connectivity index (χ2v) is 7.33. The fourth-order valence-electron chi connectivity index (χ4n) is 4.43. The number of pyridine rings is 1. The second-order valence-electron chi connectivity index (χ2n) is 7.33. The molecule has 29 heavy (non-hydrogen) atoms. The number of fused-ring (bicyclic) bond motifs is 6. The van der Waals surface area contributed by atoms with Crippen molar-refractivity contribution in [2.24, 2.45) is 4.99 Å². The predicted octanol–water partition coefficient (Wildman–Crippen LogP) is 5.51. The summed E-state index contributed by atoms with van der Waals surface area (Å²) in [6.45, 7) is 0. The van der Waals surface area contributed by atoms with Crippen LogP contribution < -0.4 is 0 Å². The van der Waals surface area contributed by atoms with Gasteiger partial charge in [-0.1, -0.05) is 48.5 Å². The van der Waals surface area contributed by atoms with Crippen LogP contribution in [0.4, 0.5) is 0 Å². The van der Waals surface area contributed by atoms with Crippen molar-refractivity contribution in [1.82, 2.24) is 14.5 Å². The van der Waals surface area contributed by atoms with E-state index in [1.165, 1.54) is 11.3 Å². The van der Waals surface area contributed by atoms with Gasteiger partial charge in [0.15, 0.2) is 0 Å². The average Bonchev–Trinajstić information content (AvgIpc) is 3.22. The van der Waals surface area contributed by atoms with Crippen LogP contribution in [-0.2, 0) is 0 Å². The van der Waals surface area contributed by atoms with Gasteiger partial charge in [0.1, 0.15) is 5.82 Å². The normalized spacial score (nSPS) is 16.6. The van der Waals surface area contributed by atoms with Gasteiger partial charge in [-0.2, -0.15) is 0 Å². The molecule has 3 heterocycles. The van der Waals surface area contributed by atoms with Crippen LogP contribution >= 0.6 is 0 Å². The van der Waals surface area contributed by atoms with Crippen molar-refractivity contribution in [3.05, 3.63) is 96.6 Å². The molecule has 2 aromatic heterocycles. The van der Waals surface area contributed by atoms with Gasteiger partial charge in [-0.05, 0) is 30.2 Å². The van der Waals surface area contributed by atoms with E-state index in [9.17, 15) is 0 Å². The van der Waals surface area contributed by atoms with Crippen molar-refractivity contribution in [3.63, 3.8) is 0 Å². The lowest BCUT2D eigenvalue weighted by Gasteiger charge is -2.29. The molecule has 0 radical (unpaired) electrons. The summed E-state index contributed by atoms with van der Waals surface area (Å²) in [6.07, 6.45) is 8.65. The van der Waals surface area contributed by atoms with Crippen LogP contribution in [0.25, 0.3) is 33.9 Å². The maximum atomic E-state index is 5.19. The number of benzene rings is 2. The molecule has 1 atom stereocenters. The molecule has 4 nitrogen and oxygen atoms in total. The third kappa shape index (κ3) is 2.42. The standard InChI is InChI=1S/C25H18N4/c1-3-7-17(8-4-1)25-28-23-19-11-13-26-15-21(19)22-16-27-14-12-20(22)24(23)29(25)18-9-5-2-6-10-18/h1-11,13-16,20H,12H2. The van der Waals surface area contributed by atoms with E-state index in [0.717, 1.165) is 40.3 Å². The predicted molar refractivity (Wildman–Crippen MR) is 116 cm³/mol. The molecule has 0 saturated heterocycles. The van der Waals surface area contributed by atoms with Crippen LogP contribution in [-0.4, -0.2) is 20.7 Å². The van der Waals surface area contributed by atoms with Crippen LogP contribution in [0.3, 0.4) is 0 Å². The highest BCUT2D eigenvalue weighted by molar-refractivity contribution is 5.92. The highest BCUT2D eigenvalue weighted by Gasteiger charge is 2.36. The number of hydrogen-bond acceptors (Lipinski definition) is 3. The Kier molecular flexibility index (Phi) is 3.56. The molecule has 2 aliphatic rings. The zero-order valence-electron chi connectivity index (χ0n) is 15.7. The van der Waals surface area contributed by atoms with Gasteiger partial charge in [0, 0.05) is 53.1 Å². The summed E-state index contributed by atoms with van der Waals surface area (Å²) in [5.74, 6) is 1.18. The van der Waals surface area contributed by atoms with E-state index in [0.29, 0.717) is 0 Å². The first-order valence-electron chi connectivity index (χ1n) is 9.82. The van der Waals surface area contributed by atoms with Crippen LogP contribution in [0, 0.1) is 0 Å². The quantitative estimate of drug-likeness (QED) is 0.464. The monoisotopic (exact) mass is 374 g/mol. The van der Waals surface area contributed by atoms with Crippen molar-refractivity contribution in [2.75, 3.05) is 0 Å². The van der Waals surface area contributed by atoms with Gasteiger partial charge >= 0.3 is 0 Å². The molecule has 1 unspecified atom stereocenters. The van der Waals surface area contributed by atoms with Crippen LogP contribution in [0.2, 0.25) is 0 Å². The maximum Gasteiger partial charge on any atom is 0.145 e. The molecule has 0 spiro atoms. The minimum atomic E-state index is 0.212. The fourth-order valence-corrected chi connectivity index (χ4v) is 4.43. The van der Waals surface area contributed by atoms with Gasteiger partial charge in [0.2, 0.25) is 0 Å². The Morgan fingerprint density at radius 3 is 2.48 bits per heavy atom. The van der Waals surface area contributed by atoms with E-state index in [2.05, 4.69) is 75.2 Å². The molecule has 0 fully saturated rings. The van der Waals surface area contributed by atoms with Gasteiger partial charge in [-0.25, -0.2) is 4.98 Å². The highest BCUT2D eigenvalue weighted by atomic mass is 15.1. The molecule has 6 rings (SSSR count). The summed E-state index contributed by atoms with van der Waals surface area (Å²) < 4.78 is 2.33. The molecular weight excluding hydrogens is 356 g/mol. The lowest BCUT2D eigenvalue weighted by atomic mass is 9.79. The van der Waals surface area contributed by atoms with E-state index < -0.39 is 0 Å². The molecule has 0 saturated carbocycles. The highest BCUT2D eigenvalue weighted by Crippen LogP contribution is 2.50. The van der Waals surface area contributed by atoms with Crippen molar-refractivity contribution in [2.45, 2.75) is 12.3 Å². The summed E-state index contributed by atoms with van der Waals surface area (Å²) in [7, 11) is 0. The molecule has 0 N–H and O–H groups in total. The summed E-state index contributed by atoms with van der Waals surface area (Å²) in [6, 6.07) is 23.0. The minimum absolute atomic E-state index is 0.212. The fraction of sp³-hybridized carbons (Fsp3) is 0.0800. The zero-order valence-corrected chi connectivity index (χ0v) is 15.7. The first-order valence-corrected chi connectivity index (χ1v) is 9.82. The smallest absolute Gasteiger partial charge is 0.145 e. The Morgan fingerprint density at radius 2 is 1.66 bits per heavy atom. The van der Waals surface area contributed by atoms with Gasteiger partial charge < -0.3 is 0 Å². The molecule has 4 heteroatoms. The number of aromatic nitrogens is 3. The van der Waals surface area contributed by atoms with E-state index in [4.69, 9.17) is 4.98 Å². The summed E-state index contributed by atoms with van der Waals surface area (Å²) in [4.78, 5) is 14.0. The van der Waals surface area contributed by atoms with Crippen molar-refractivity contribution >= 4 is 11.8 Å². The topological polar surface area (TPSA) is 43.1 Å². The van der Waals surface area contributed by atoms with E-state index in [1.54, 1.807) is 0 Å². The first-order chi connectivity index (χ1) is 14.4. The second kappa shape index (κ2) is 6.38. The maximum absolute atomic E-state index is 5.19. The number of imidazole rings is 1. The number of rotatable bonds is 2. The summed E-state index contributed by atoms with van der Waals surface area (Å²) in [5, 5.41) is 0. The third-order valence-electron chi connectivity index (χ3n) is 5.71. The van der Waals surface area contributed by atoms with Crippen LogP contribution in [0.15, 0.2) is 90.3 Å². The number of allylic oxidation sites excluding steroid dienone is 1. The Labute approximate surface area is 168 Å². The SMILES string of the molecule is C1=NC=C2c3cnccc3-c3nc(-c4ccccc4)n(-c4ccccc4)c3C2C1. The zero-order chi connectivity index (χ0) is 19.2. The lowest BCUT2D eigenvalue weighted by Crippen LogP contribution is -2.16. The summed E-state index contributed by atoms with van der Waals surface area (Å²) in [5.41, 5.74) is 7.99. The molecule has 138 valence electrons. The lowest BCUT2D eigenvalue weighted by molar-refractivity contribution is 0.820. The molecule has 0 bridgehead atoms.